The quantitative estimate of drug-likeness (QED) is 0.375. The Morgan fingerprint density at radius 2 is 1.52 bits per heavy atom. The molecular formula is C21H18N2O2. The number of nitrogens with zero attached hydrogens (tertiary/aromatic N) is 2. The summed E-state index contributed by atoms with van der Waals surface area (Å²) in [6.07, 6.45) is 0. The van der Waals surface area contributed by atoms with Crippen molar-refractivity contribution in [1.82, 2.24) is 0 Å². The largest absolute Gasteiger partial charge is 0.289 e. The van der Waals surface area contributed by atoms with Crippen LogP contribution in [-0.4, -0.2) is 12.8 Å². The minimum absolute atomic E-state index is 0.131. The number of anilines is 1. The summed E-state index contributed by atoms with van der Waals surface area (Å²) in [5, 5.41) is 4.08. The summed E-state index contributed by atoms with van der Waals surface area (Å²) in [7, 11) is 1.53. The van der Waals surface area contributed by atoms with E-state index in [1.165, 1.54) is 12.1 Å². The van der Waals surface area contributed by atoms with E-state index >= 15 is 0 Å². The molecule has 3 rings (SSSR count). The summed E-state index contributed by atoms with van der Waals surface area (Å²) in [6, 6.07) is 22.8. The molecule has 0 aliphatic heterocycles. The Kier molecular flexibility index (Phi) is 4.70. The van der Waals surface area contributed by atoms with E-state index in [2.05, 4.69) is 5.29 Å². The van der Waals surface area contributed by atoms with Crippen LogP contribution in [0.5, 0.6) is 0 Å². The van der Waals surface area contributed by atoms with Crippen molar-refractivity contribution in [3.8, 4) is 11.1 Å². The molecule has 0 saturated heterocycles. The standard InChI is InChI=1S/C21H18N2O2/c1-15-8-13-20(23(2)22-25)19(14-15)21(24)18-11-9-17(10-12-18)16-6-4-3-5-7-16/h3-14H,1-2H3. The monoisotopic (exact) mass is 330 g/mol. The van der Waals surface area contributed by atoms with E-state index in [4.69, 9.17) is 0 Å². The number of rotatable bonds is 5. The second-order valence-corrected chi connectivity index (χ2v) is 5.90. The van der Waals surface area contributed by atoms with Crippen molar-refractivity contribution < 1.29 is 4.79 Å². The predicted molar refractivity (Wildman–Crippen MR) is 101 cm³/mol. The number of hydrogen-bond acceptors (Lipinski definition) is 3. The normalized spacial score (nSPS) is 10.3. The molecule has 0 amide bonds. The lowest BCUT2D eigenvalue weighted by Gasteiger charge is -2.14. The van der Waals surface area contributed by atoms with Crippen LogP contribution in [0.25, 0.3) is 11.1 Å². The van der Waals surface area contributed by atoms with Crippen molar-refractivity contribution in [2.75, 3.05) is 12.1 Å². The molecule has 0 fully saturated rings. The fourth-order valence-corrected chi connectivity index (χ4v) is 2.76. The van der Waals surface area contributed by atoms with Crippen molar-refractivity contribution >= 4 is 11.5 Å². The molecule has 0 aromatic heterocycles. The highest BCUT2D eigenvalue weighted by atomic mass is 16.3. The molecule has 0 atom stereocenters. The van der Waals surface area contributed by atoms with Crippen LogP contribution < -0.4 is 5.01 Å². The van der Waals surface area contributed by atoms with Gasteiger partial charge in [-0.25, -0.2) is 5.01 Å². The van der Waals surface area contributed by atoms with E-state index in [0.717, 1.165) is 16.7 Å². The highest BCUT2D eigenvalue weighted by Gasteiger charge is 2.17. The second-order valence-electron chi connectivity index (χ2n) is 5.90. The molecular weight excluding hydrogens is 312 g/mol. The number of hydrogen-bond donors (Lipinski definition) is 0. The van der Waals surface area contributed by atoms with Gasteiger partial charge in [-0.15, -0.1) is 4.91 Å². The van der Waals surface area contributed by atoms with Crippen LogP contribution in [0.15, 0.2) is 78.1 Å². The van der Waals surface area contributed by atoms with Gasteiger partial charge in [-0.3, -0.25) is 4.79 Å². The molecule has 3 aromatic rings. The summed E-state index contributed by atoms with van der Waals surface area (Å²) in [6.45, 7) is 1.91. The van der Waals surface area contributed by atoms with E-state index in [9.17, 15) is 9.70 Å². The molecule has 0 N–H and O–H groups in total. The number of carbonyl (C=O) groups excluding carboxylic acids is 1. The maximum absolute atomic E-state index is 12.9. The molecule has 25 heavy (non-hydrogen) atoms. The number of benzene rings is 3. The topological polar surface area (TPSA) is 49.7 Å². The third kappa shape index (κ3) is 3.48. The third-order valence-corrected chi connectivity index (χ3v) is 4.12. The SMILES string of the molecule is Cc1ccc(N(C)N=O)c(C(=O)c2ccc(-c3ccccc3)cc2)c1. The first-order valence-corrected chi connectivity index (χ1v) is 7.98. The number of aryl methyl sites for hydroxylation is 1. The van der Waals surface area contributed by atoms with E-state index in [-0.39, 0.29) is 5.78 Å². The lowest BCUT2D eigenvalue weighted by Crippen LogP contribution is -2.13. The Morgan fingerprint density at radius 1 is 0.880 bits per heavy atom. The first-order chi connectivity index (χ1) is 12.1. The Bertz CT molecular complexity index is 903. The molecule has 0 saturated carbocycles. The van der Waals surface area contributed by atoms with Crippen LogP contribution in [0.3, 0.4) is 0 Å². The third-order valence-electron chi connectivity index (χ3n) is 4.12. The minimum Gasteiger partial charge on any atom is -0.289 e. The molecule has 0 unspecified atom stereocenters. The van der Waals surface area contributed by atoms with E-state index in [0.29, 0.717) is 16.8 Å². The molecule has 4 heteroatoms. The average molecular weight is 330 g/mol. The molecule has 0 heterocycles. The summed E-state index contributed by atoms with van der Waals surface area (Å²) in [5.74, 6) is -0.131. The van der Waals surface area contributed by atoms with Gasteiger partial charge in [-0.2, -0.15) is 0 Å². The van der Waals surface area contributed by atoms with Crippen molar-refractivity contribution in [2.45, 2.75) is 6.92 Å². The second kappa shape index (κ2) is 7.09. The van der Waals surface area contributed by atoms with Crippen LogP contribution in [-0.2, 0) is 0 Å². The summed E-state index contributed by atoms with van der Waals surface area (Å²) < 4.78 is 0. The summed E-state index contributed by atoms with van der Waals surface area (Å²) in [5.41, 5.74) is 4.64. The van der Waals surface area contributed by atoms with Gasteiger partial charge in [-0.1, -0.05) is 66.2 Å². The predicted octanol–water partition coefficient (Wildman–Crippen LogP) is 5.01. The van der Waals surface area contributed by atoms with Gasteiger partial charge in [0.1, 0.15) is 0 Å². The maximum Gasteiger partial charge on any atom is 0.195 e. The zero-order chi connectivity index (χ0) is 17.8. The Hall–Kier alpha value is -3.27. The van der Waals surface area contributed by atoms with Crippen LogP contribution in [0.1, 0.15) is 21.5 Å². The van der Waals surface area contributed by atoms with Crippen molar-refractivity contribution in [3.63, 3.8) is 0 Å². The van der Waals surface area contributed by atoms with Crippen LogP contribution in [0, 0.1) is 11.8 Å². The van der Waals surface area contributed by atoms with Gasteiger partial charge in [0.15, 0.2) is 5.78 Å². The molecule has 124 valence electrons. The molecule has 0 aliphatic rings. The first kappa shape index (κ1) is 16.6. The van der Waals surface area contributed by atoms with Crippen molar-refractivity contribution in [2.24, 2.45) is 5.29 Å². The molecule has 0 radical (unpaired) electrons. The summed E-state index contributed by atoms with van der Waals surface area (Å²) >= 11 is 0. The Morgan fingerprint density at radius 3 is 2.16 bits per heavy atom. The lowest BCUT2D eigenvalue weighted by atomic mass is 9.97. The first-order valence-electron chi connectivity index (χ1n) is 7.98. The Balaban J connectivity index is 1.96. The van der Waals surface area contributed by atoms with Gasteiger partial charge in [0.25, 0.3) is 0 Å². The lowest BCUT2D eigenvalue weighted by molar-refractivity contribution is 0.103. The highest BCUT2D eigenvalue weighted by molar-refractivity contribution is 6.12. The molecule has 4 nitrogen and oxygen atoms in total. The smallest absolute Gasteiger partial charge is 0.195 e. The molecule has 0 spiro atoms. The minimum atomic E-state index is -0.131. The maximum atomic E-state index is 12.9. The molecule has 0 aliphatic carbocycles. The fourth-order valence-electron chi connectivity index (χ4n) is 2.76. The van der Waals surface area contributed by atoms with Crippen molar-refractivity contribution in [1.29, 1.82) is 0 Å². The summed E-state index contributed by atoms with van der Waals surface area (Å²) in [4.78, 5) is 23.8. The number of carbonyl (C=O) groups is 1. The zero-order valence-corrected chi connectivity index (χ0v) is 14.1. The Labute approximate surface area is 146 Å². The number of ketones is 1. The van der Waals surface area contributed by atoms with Crippen LogP contribution in [0.4, 0.5) is 5.69 Å². The van der Waals surface area contributed by atoms with Gasteiger partial charge in [-0.05, 0) is 30.2 Å². The number of nitroso groups, excluding NO2 is 1. The van der Waals surface area contributed by atoms with Crippen LogP contribution in [0.2, 0.25) is 0 Å². The van der Waals surface area contributed by atoms with Crippen molar-refractivity contribution in [3.05, 3.63) is 94.4 Å². The molecule has 3 aromatic carbocycles. The average Bonchev–Trinajstić information content (AvgIpc) is 2.67. The zero-order valence-electron chi connectivity index (χ0n) is 14.1. The van der Waals surface area contributed by atoms with E-state index < -0.39 is 0 Å². The van der Waals surface area contributed by atoms with Gasteiger partial charge in [0.05, 0.1) is 11.0 Å². The molecule has 0 bridgehead atoms. The van der Waals surface area contributed by atoms with Gasteiger partial charge >= 0.3 is 0 Å². The van der Waals surface area contributed by atoms with Gasteiger partial charge in [0, 0.05) is 18.2 Å². The van der Waals surface area contributed by atoms with E-state index in [1.54, 1.807) is 12.1 Å². The fraction of sp³-hybridized carbons (Fsp3) is 0.0952. The highest BCUT2D eigenvalue weighted by Crippen LogP contribution is 2.26. The van der Waals surface area contributed by atoms with Gasteiger partial charge < -0.3 is 0 Å². The van der Waals surface area contributed by atoms with E-state index in [1.807, 2.05) is 67.6 Å². The van der Waals surface area contributed by atoms with Gasteiger partial charge in [0.2, 0.25) is 0 Å². The van der Waals surface area contributed by atoms with Crippen LogP contribution >= 0.6 is 0 Å².